The van der Waals surface area contributed by atoms with Gasteiger partial charge < -0.3 is 5.11 Å². The fraction of sp³-hybridized carbons (Fsp3) is 0.400. The van der Waals surface area contributed by atoms with Crippen LogP contribution in [0.2, 0.25) is 0 Å². The summed E-state index contributed by atoms with van der Waals surface area (Å²) in [6, 6.07) is 0. The molecular formula is C10H14O. The third-order valence-corrected chi connectivity index (χ3v) is 1.97. The average molecular weight is 150 g/mol. The largest absolute Gasteiger partial charge is 0.509 e. The summed E-state index contributed by atoms with van der Waals surface area (Å²) in [5.74, 6) is 0.142. The molecule has 0 amide bonds. The van der Waals surface area contributed by atoms with E-state index in [2.05, 4.69) is 13.2 Å². The predicted molar refractivity (Wildman–Crippen MR) is 47.5 cm³/mol. The zero-order valence-corrected chi connectivity index (χ0v) is 6.77. The number of rotatable bonds is 1. The molecule has 1 heteroatoms. The van der Waals surface area contributed by atoms with Crippen molar-refractivity contribution in [1.29, 1.82) is 0 Å². The van der Waals surface area contributed by atoms with Gasteiger partial charge in [-0.15, -0.1) is 0 Å². The molecule has 0 aliphatic heterocycles. The molecule has 1 aliphatic carbocycles. The molecule has 11 heavy (non-hydrogen) atoms. The first-order valence-corrected chi connectivity index (χ1v) is 3.97. The minimum atomic E-state index is 0.142. The third kappa shape index (κ3) is 2.26. The van der Waals surface area contributed by atoms with Gasteiger partial charge in [-0.05, 0) is 37.3 Å². The normalized spacial score (nSPS) is 22.2. The standard InChI is InChI=1S/C10H14O/c1-8-5-3-4-6-10(8)7-9(2)11/h7,11H,1-6H2/b10-7-. The van der Waals surface area contributed by atoms with E-state index in [0.717, 1.165) is 18.4 Å². The zero-order chi connectivity index (χ0) is 8.27. The molecular weight excluding hydrogens is 136 g/mol. The van der Waals surface area contributed by atoms with Gasteiger partial charge in [0.1, 0.15) is 5.76 Å². The second kappa shape index (κ2) is 3.42. The molecule has 1 rings (SSSR count). The van der Waals surface area contributed by atoms with Gasteiger partial charge in [-0.2, -0.15) is 0 Å². The molecule has 0 heterocycles. The first-order chi connectivity index (χ1) is 5.20. The molecule has 0 spiro atoms. The van der Waals surface area contributed by atoms with E-state index in [1.54, 1.807) is 6.08 Å². The summed E-state index contributed by atoms with van der Waals surface area (Å²) in [6.07, 6.45) is 6.27. The highest BCUT2D eigenvalue weighted by molar-refractivity contribution is 5.33. The van der Waals surface area contributed by atoms with Crippen LogP contribution in [-0.4, -0.2) is 5.11 Å². The minimum absolute atomic E-state index is 0.142. The Labute approximate surface area is 67.7 Å². The lowest BCUT2D eigenvalue weighted by Crippen LogP contribution is -1.97. The average Bonchev–Trinajstić information content (AvgIpc) is 1.93. The van der Waals surface area contributed by atoms with Crippen molar-refractivity contribution in [2.45, 2.75) is 25.7 Å². The molecule has 1 saturated carbocycles. The number of hydrogen-bond donors (Lipinski definition) is 1. The van der Waals surface area contributed by atoms with Crippen LogP contribution in [0.5, 0.6) is 0 Å². The molecule has 0 aromatic heterocycles. The molecule has 0 aromatic carbocycles. The molecule has 0 atom stereocenters. The van der Waals surface area contributed by atoms with Gasteiger partial charge in [-0.3, -0.25) is 0 Å². The van der Waals surface area contributed by atoms with Gasteiger partial charge in [0, 0.05) is 0 Å². The highest BCUT2D eigenvalue weighted by Crippen LogP contribution is 2.27. The highest BCUT2D eigenvalue weighted by atomic mass is 16.3. The van der Waals surface area contributed by atoms with Crippen LogP contribution in [0.1, 0.15) is 25.7 Å². The van der Waals surface area contributed by atoms with Crippen molar-refractivity contribution >= 4 is 0 Å². The quantitative estimate of drug-likeness (QED) is 0.569. The van der Waals surface area contributed by atoms with Gasteiger partial charge in [-0.1, -0.05) is 18.7 Å². The summed E-state index contributed by atoms with van der Waals surface area (Å²) in [6.45, 7) is 7.35. The van der Waals surface area contributed by atoms with Gasteiger partial charge in [0.15, 0.2) is 0 Å². The Morgan fingerprint density at radius 2 is 2.00 bits per heavy atom. The van der Waals surface area contributed by atoms with Crippen LogP contribution in [0.15, 0.2) is 36.1 Å². The maximum absolute atomic E-state index is 8.91. The van der Waals surface area contributed by atoms with Crippen LogP contribution in [0.4, 0.5) is 0 Å². The molecule has 0 bridgehead atoms. The first kappa shape index (κ1) is 8.12. The Morgan fingerprint density at radius 1 is 1.36 bits per heavy atom. The summed E-state index contributed by atoms with van der Waals surface area (Å²) in [5, 5.41) is 8.91. The van der Waals surface area contributed by atoms with Crippen LogP contribution in [0, 0.1) is 0 Å². The Hall–Kier alpha value is -0.980. The summed E-state index contributed by atoms with van der Waals surface area (Å²) >= 11 is 0. The third-order valence-electron chi connectivity index (χ3n) is 1.97. The van der Waals surface area contributed by atoms with E-state index in [1.165, 1.54) is 18.4 Å². The fourth-order valence-corrected chi connectivity index (χ4v) is 1.37. The van der Waals surface area contributed by atoms with E-state index in [9.17, 15) is 0 Å². The molecule has 0 saturated heterocycles. The van der Waals surface area contributed by atoms with E-state index < -0.39 is 0 Å². The van der Waals surface area contributed by atoms with E-state index >= 15 is 0 Å². The van der Waals surface area contributed by atoms with Crippen LogP contribution >= 0.6 is 0 Å². The second-order valence-electron chi connectivity index (χ2n) is 2.97. The molecule has 1 aliphatic rings. The van der Waals surface area contributed by atoms with Crippen molar-refractivity contribution in [2.75, 3.05) is 0 Å². The molecule has 0 aromatic rings. The monoisotopic (exact) mass is 150 g/mol. The summed E-state index contributed by atoms with van der Waals surface area (Å²) in [7, 11) is 0. The lowest BCUT2D eigenvalue weighted by Gasteiger charge is -2.16. The van der Waals surface area contributed by atoms with Crippen LogP contribution < -0.4 is 0 Å². The number of aliphatic hydroxyl groups excluding tert-OH is 1. The number of hydrogen-bond acceptors (Lipinski definition) is 1. The van der Waals surface area contributed by atoms with E-state index in [-0.39, 0.29) is 5.76 Å². The lowest BCUT2D eigenvalue weighted by molar-refractivity contribution is 0.434. The molecule has 60 valence electrons. The van der Waals surface area contributed by atoms with Crippen LogP contribution in [0.25, 0.3) is 0 Å². The summed E-state index contributed by atoms with van der Waals surface area (Å²) in [4.78, 5) is 0. The maximum atomic E-state index is 8.91. The van der Waals surface area contributed by atoms with E-state index in [1.807, 2.05) is 0 Å². The van der Waals surface area contributed by atoms with Crippen molar-refractivity contribution in [2.24, 2.45) is 0 Å². The van der Waals surface area contributed by atoms with Gasteiger partial charge >= 0.3 is 0 Å². The van der Waals surface area contributed by atoms with Crippen LogP contribution in [0.3, 0.4) is 0 Å². The lowest BCUT2D eigenvalue weighted by atomic mass is 9.90. The minimum Gasteiger partial charge on any atom is -0.509 e. The van der Waals surface area contributed by atoms with E-state index in [4.69, 9.17) is 5.11 Å². The highest BCUT2D eigenvalue weighted by Gasteiger charge is 2.08. The summed E-state index contributed by atoms with van der Waals surface area (Å²) < 4.78 is 0. The van der Waals surface area contributed by atoms with Crippen molar-refractivity contribution in [3.63, 3.8) is 0 Å². The van der Waals surface area contributed by atoms with Gasteiger partial charge in [0.2, 0.25) is 0 Å². The van der Waals surface area contributed by atoms with Gasteiger partial charge in [-0.25, -0.2) is 0 Å². The Bertz CT molecular complexity index is 211. The van der Waals surface area contributed by atoms with Crippen molar-refractivity contribution in [3.8, 4) is 0 Å². The maximum Gasteiger partial charge on any atom is 0.108 e. The van der Waals surface area contributed by atoms with Gasteiger partial charge in [0.25, 0.3) is 0 Å². The first-order valence-electron chi connectivity index (χ1n) is 3.97. The number of aliphatic hydroxyl groups is 1. The molecule has 1 N–H and O–H groups in total. The van der Waals surface area contributed by atoms with Gasteiger partial charge in [0.05, 0.1) is 0 Å². The van der Waals surface area contributed by atoms with Crippen LogP contribution in [-0.2, 0) is 0 Å². The Morgan fingerprint density at radius 3 is 2.55 bits per heavy atom. The topological polar surface area (TPSA) is 20.2 Å². The number of allylic oxidation sites excluding steroid dienone is 3. The van der Waals surface area contributed by atoms with Crippen molar-refractivity contribution in [1.82, 2.24) is 0 Å². The molecule has 1 fully saturated rings. The smallest absolute Gasteiger partial charge is 0.108 e. The molecule has 1 nitrogen and oxygen atoms in total. The second-order valence-corrected chi connectivity index (χ2v) is 2.97. The fourth-order valence-electron chi connectivity index (χ4n) is 1.37. The Kier molecular flexibility index (Phi) is 2.53. The molecule has 0 radical (unpaired) electrons. The predicted octanol–water partition coefficient (Wildman–Crippen LogP) is 3.11. The Balaban J connectivity index is 2.68. The van der Waals surface area contributed by atoms with E-state index in [0.29, 0.717) is 0 Å². The van der Waals surface area contributed by atoms with Crippen molar-refractivity contribution in [3.05, 3.63) is 36.1 Å². The summed E-state index contributed by atoms with van der Waals surface area (Å²) in [5.41, 5.74) is 2.33. The SMILES string of the molecule is C=C(O)/C=C1/CCCCC1=C. The van der Waals surface area contributed by atoms with Crippen molar-refractivity contribution < 1.29 is 5.11 Å². The zero-order valence-electron chi connectivity index (χ0n) is 6.77. The molecule has 0 unspecified atom stereocenters.